The van der Waals surface area contributed by atoms with Crippen LogP contribution in [0.25, 0.3) is 21.9 Å². The van der Waals surface area contributed by atoms with Crippen molar-refractivity contribution in [1.29, 1.82) is 0 Å². The van der Waals surface area contributed by atoms with E-state index >= 15 is 0 Å². The molecule has 0 aliphatic carbocycles. The molecule has 1 aromatic heterocycles. The summed E-state index contributed by atoms with van der Waals surface area (Å²) < 4.78 is 3.93. The number of rotatable bonds is 6. The number of para-hydroxylation sites is 3. The predicted molar refractivity (Wildman–Crippen MR) is 153 cm³/mol. The lowest BCUT2D eigenvalue weighted by atomic mass is 9.97. The van der Waals surface area contributed by atoms with Gasteiger partial charge in [0.1, 0.15) is 10.5 Å². The van der Waals surface area contributed by atoms with Gasteiger partial charge in [-0.2, -0.15) is 4.57 Å². The van der Waals surface area contributed by atoms with E-state index in [0.717, 1.165) is 19.6 Å². The quantitative estimate of drug-likeness (QED) is 0.299. The summed E-state index contributed by atoms with van der Waals surface area (Å²) in [6.07, 6.45) is 7.18. The first kappa shape index (κ1) is 23.0. The SMILES string of the molecule is CN(C)CCN(C)C1=C/C(=C\c2sc3cccc4c3[n+]2CCC4)c2ccccc2N1c1ccccc1. The average molecular weight is 494 g/mol. The van der Waals surface area contributed by atoms with Crippen molar-refractivity contribution < 1.29 is 4.57 Å². The van der Waals surface area contributed by atoms with Crippen LogP contribution in [0.2, 0.25) is 0 Å². The molecule has 3 aromatic carbocycles. The second-order valence-electron chi connectivity index (χ2n) is 9.97. The number of aryl methyl sites for hydroxylation is 2. The Hall–Kier alpha value is -3.41. The molecule has 36 heavy (non-hydrogen) atoms. The molecule has 0 saturated heterocycles. The normalized spacial score (nSPS) is 15.9. The maximum atomic E-state index is 2.54. The van der Waals surface area contributed by atoms with E-state index in [1.54, 1.807) is 0 Å². The van der Waals surface area contributed by atoms with Crippen LogP contribution in [0.3, 0.4) is 0 Å². The Morgan fingerprint density at radius 1 is 0.917 bits per heavy atom. The van der Waals surface area contributed by atoms with Gasteiger partial charge in [-0.05, 0) is 56.4 Å². The lowest BCUT2D eigenvalue weighted by Gasteiger charge is -2.38. The van der Waals surface area contributed by atoms with E-state index in [9.17, 15) is 0 Å². The van der Waals surface area contributed by atoms with Crippen molar-refractivity contribution >= 4 is 44.6 Å². The third kappa shape index (κ3) is 4.12. The van der Waals surface area contributed by atoms with Gasteiger partial charge in [-0.1, -0.05) is 59.9 Å². The third-order valence-corrected chi connectivity index (χ3v) is 8.29. The van der Waals surface area contributed by atoms with Gasteiger partial charge in [0, 0.05) is 49.4 Å². The molecule has 0 amide bonds. The summed E-state index contributed by atoms with van der Waals surface area (Å²) in [4.78, 5) is 7.03. The molecule has 0 unspecified atom stereocenters. The molecule has 0 radical (unpaired) electrons. The van der Waals surface area contributed by atoms with E-state index < -0.39 is 0 Å². The molecule has 4 nitrogen and oxygen atoms in total. The van der Waals surface area contributed by atoms with Gasteiger partial charge in [-0.25, -0.2) is 0 Å². The summed E-state index contributed by atoms with van der Waals surface area (Å²) in [6, 6.07) is 26.3. The smallest absolute Gasteiger partial charge is 0.263 e. The number of benzene rings is 3. The Kier molecular flexibility index (Phi) is 6.12. The van der Waals surface area contributed by atoms with Crippen LogP contribution in [-0.4, -0.2) is 44.0 Å². The van der Waals surface area contributed by atoms with E-state index in [-0.39, 0.29) is 0 Å². The van der Waals surface area contributed by atoms with Gasteiger partial charge in [0.15, 0.2) is 6.54 Å². The zero-order valence-corrected chi connectivity index (χ0v) is 22.1. The summed E-state index contributed by atoms with van der Waals surface area (Å²) in [7, 11) is 6.48. The molecular formula is C31H33N4S+. The van der Waals surface area contributed by atoms with Crippen molar-refractivity contribution in [3.63, 3.8) is 0 Å². The number of likely N-dealkylation sites (N-methyl/N-ethyl adjacent to an activating group) is 2. The van der Waals surface area contributed by atoms with Crippen LogP contribution in [0.1, 0.15) is 22.6 Å². The number of anilines is 2. The van der Waals surface area contributed by atoms with Crippen molar-refractivity contribution in [3.05, 3.63) is 101 Å². The largest absolute Gasteiger partial charge is 0.359 e. The first-order valence-electron chi connectivity index (χ1n) is 12.8. The number of hydrogen-bond acceptors (Lipinski definition) is 4. The van der Waals surface area contributed by atoms with Crippen LogP contribution in [0, 0.1) is 0 Å². The van der Waals surface area contributed by atoms with E-state index in [2.05, 4.69) is 125 Å². The van der Waals surface area contributed by atoms with Gasteiger partial charge in [-0.3, -0.25) is 4.90 Å². The Balaban J connectivity index is 1.53. The number of fused-ring (bicyclic) bond motifs is 1. The first-order valence-corrected chi connectivity index (χ1v) is 13.6. The fourth-order valence-corrected chi connectivity index (χ4v) is 6.55. The number of hydrogen-bond donors (Lipinski definition) is 0. The number of aromatic nitrogens is 1. The van der Waals surface area contributed by atoms with E-state index in [4.69, 9.17) is 0 Å². The van der Waals surface area contributed by atoms with Crippen LogP contribution in [-0.2, 0) is 13.0 Å². The molecule has 0 saturated carbocycles. The molecule has 5 heteroatoms. The lowest BCUT2D eigenvalue weighted by Crippen LogP contribution is -2.38. The van der Waals surface area contributed by atoms with Crippen LogP contribution < -0.4 is 9.47 Å². The van der Waals surface area contributed by atoms with Gasteiger partial charge in [0.2, 0.25) is 5.52 Å². The molecule has 182 valence electrons. The lowest BCUT2D eigenvalue weighted by molar-refractivity contribution is -0.671. The molecule has 3 heterocycles. The fraction of sp³-hybridized carbons (Fsp3) is 0.258. The van der Waals surface area contributed by atoms with E-state index in [0.29, 0.717) is 0 Å². The molecule has 0 atom stereocenters. The minimum Gasteiger partial charge on any atom is -0.359 e. The van der Waals surface area contributed by atoms with Gasteiger partial charge < -0.3 is 9.80 Å². The van der Waals surface area contributed by atoms with Crippen LogP contribution >= 0.6 is 11.3 Å². The number of allylic oxidation sites excluding steroid dienone is 2. The monoisotopic (exact) mass is 493 g/mol. The van der Waals surface area contributed by atoms with Gasteiger partial charge >= 0.3 is 0 Å². The van der Waals surface area contributed by atoms with Crippen molar-refractivity contribution in [3.8, 4) is 0 Å². The van der Waals surface area contributed by atoms with Crippen molar-refractivity contribution in [2.75, 3.05) is 39.1 Å². The molecule has 0 N–H and O–H groups in total. The molecular weight excluding hydrogens is 460 g/mol. The zero-order valence-electron chi connectivity index (χ0n) is 21.3. The predicted octanol–water partition coefficient (Wildman–Crippen LogP) is 6.16. The molecule has 0 spiro atoms. The average Bonchev–Trinajstić information content (AvgIpc) is 3.26. The maximum Gasteiger partial charge on any atom is 0.263 e. The molecule has 0 fully saturated rings. The molecule has 0 bridgehead atoms. The van der Waals surface area contributed by atoms with Crippen molar-refractivity contribution in [1.82, 2.24) is 9.80 Å². The van der Waals surface area contributed by atoms with E-state index in [1.165, 1.54) is 62.0 Å². The van der Waals surface area contributed by atoms with Crippen molar-refractivity contribution in [2.24, 2.45) is 0 Å². The Morgan fingerprint density at radius 2 is 1.72 bits per heavy atom. The molecule has 4 aromatic rings. The first-order chi connectivity index (χ1) is 17.6. The van der Waals surface area contributed by atoms with Gasteiger partial charge in [0.25, 0.3) is 5.01 Å². The second kappa shape index (κ2) is 9.57. The topological polar surface area (TPSA) is 13.6 Å². The Labute approximate surface area is 218 Å². The highest BCUT2D eigenvalue weighted by Crippen LogP contribution is 2.42. The second-order valence-corrected chi connectivity index (χ2v) is 11.0. The highest BCUT2D eigenvalue weighted by atomic mass is 32.1. The van der Waals surface area contributed by atoms with Crippen LogP contribution in [0.15, 0.2) is 84.7 Å². The van der Waals surface area contributed by atoms with Gasteiger partial charge in [0.05, 0.1) is 5.69 Å². The van der Waals surface area contributed by atoms with E-state index in [1.807, 2.05) is 11.3 Å². The van der Waals surface area contributed by atoms with Crippen LogP contribution in [0.4, 0.5) is 11.4 Å². The summed E-state index contributed by atoms with van der Waals surface area (Å²) in [6.45, 7) is 3.04. The molecule has 2 aliphatic rings. The van der Waals surface area contributed by atoms with Crippen molar-refractivity contribution in [2.45, 2.75) is 19.4 Å². The Morgan fingerprint density at radius 3 is 2.56 bits per heavy atom. The summed E-state index contributed by atoms with van der Waals surface area (Å²) >= 11 is 1.92. The fourth-order valence-electron chi connectivity index (χ4n) is 5.36. The maximum absolute atomic E-state index is 2.54. The summed E-state index contributed by atoms with van der Waals surface area (Å²) in [5.41, 5.74) is 7.87. The van der Waals surface area contributed by atoms with Gasteiger partial charge in [-0.15, -0.1) is 0 Å². The summed E-state index contributed by atoms with van der Waals surface area (Å²) in [5, 5.41) is 1.33. The highest BCUT2D eigenvalue weighted by molar-refractivity contribution is 7.19. The number of thiazole rings is 1. The zero-order chi connectivity index (χ0) is 24.6. The standard InChI is InChI=1S/C31H33N4S/c1-32(2)19-20-33(3)29-21-24(22-30-34-18-10-12-23-11-9-17-28(36-30)31(23)34)26-15-7-8-16-27(26)35(29)25-13-5-4-6-14-25/h4-9,11,13-17,21-22H,10,12,18-20H2,1-3H3/q+1. The minimum atomic E-state index is 0.948. The van der Waals surface area contributed by atoms with Crippen LogP contribution in [0.5, 0.6) is 0 Å². The highest BCUT2D eigenvalue weighted by Gasteiger charge is 2.29. The molecule has 6 rings (SSSR count). The summed E-state index contributed by atoms with van der Waals surface area (Å²) in [5.74, 6) is 1.20. The third-order valence-electron chi connectivity index (χ3n) is 7.20. The number of nitrogens with zero attached hydrogens (tertiary/aromatic N) is 4. The molecule has 2 aliphatic heterocycles. The Bertz CT molecular complexity index is 1460. The minimum absolute atomic E-state index is 0.948.